The van der Waals surface area contributed by atoms with E-state index < -0.39 is 0 Å². The van der Waals surface area contributed by atoms with Gasteiger partial charge in [0, 0.05) is 49.6 Å². The van der Waals surface area contributed by atoms with Crippen molar-refractivity contribution >= 4 is 11.9 Å². The molecule has 1 fully saturated rings. The Morgan fingerprint density at radius 2 is 1.81 bits per heavy atom. The normalized spacial score (nSPS) is 21.7. The molecule has 0 bridgehead atoms. The summed E-state index contributed by atoms with van der Waals surface area (Å²) in [6.45, 7) is 6.63. The molecule has 1 saturated heterocycles. The summed E-state index contributed by atoms with van der Waals surface area (Å²) in [5.41, 5.74) is 1.80. The molecule has 0 radical (unpaired) electrons. The second-order valence-corrected chi connectivity index (χ2v) is 9.47. The number of carbonyl (C=O) groups excluding carboxylic acids is 2. The number of nitrogens with zero attached hydrogens (tertiary/aromatic N) is 4. The molecule has 2 aromatic rings. The van der Waals surface area contributed by atoms with Crippen LogP contribution in [-0.2, 0) is 24.9 Å². The number of likely N-dealkylation sites (tertiary alicyclic amines) is 1. The molecule has 8 nitrogen and oxygen atoms in total. The summed E-state index contributed by atoms with van der Waals surface area (Å²) in [6.07, 6.45) is 2.21. The minimum absolute atomic E-state index is 0.0301. The average Bonchev–Trinajstić information content (AvgIpc) is 3.38. The van der Waals surface area contributed by atoms with Gasteiger partial charge in [0.1, 0.15) is 5.82 Å². The Kier molecular flexibility index (Phi) is 5.03. The lowest BCUT2D eigenvalue weighted by molar-refractivity contribution is 0.0732. The molecule has 0 aliphatic carbocycles. The first-order valence-electron chi connectivity index (χ1n) is 11.4. The first-order chi connectivity index (χ1) is 15.4. The molecule has 1 atom stereocenters. The lowest BCUT2D eigenvalue weighted by atomic mass is 9.85. The number of nitrogens with one attached hydrogen (secondary N) is 1. The van der Waals surface area contributed by atoms with E-state index in [2.05, 4.69) is 5.32 Å². The van der Waals surface area contributed by atoms with E-state index in [1.807, 2.05) is 36.9 Å². The molecule has 5 rings (SSSR count). The van der Waals surface area contributed by atoms with Gasteiger partial charge in [-0.05, 0) is 38.8 Å². The molecular formula is C24H29N5O3. The Morgan fingerprint density at radius 1 is 1.06 bits per heavy atom. The Balaban J connectivity index is 1.41. The Morgan fingerprint density at radius 3 is 2.56 bits per heavy atom. The van der Waals surface area contributed by atoms with Crippen LogP contribution in [0, 0.1) is 0 Å². The monoisotopic (exact) mass is 435 g/mol. The van der Waals surface area contributed by atoms with Crippen molar-refractivity contribution < 1.29 is 9.59 Å². The lowest BCUT2D eigenvalue weighted by Crippen LogP contribution is -2.44. The molecule has 1 aromatic heterocycles. The van der Waals surface area contributed by atoms with Crippen molar-refractivity contribution in [1.82, 2.24) is 24.7 Å². The number of hydrogen-bond donors (Lipinski definition) is 1. The van der Waals surface area contributed by atoms with Crippen LogP contribution in [0.15, 0.2) is 35.1 Å². The van der Waals surface area contributed by atoms with E-state index >= 15 is 0 Å². The summed E-state index contributed by atoms with van der Waals surface area (Å²) in [6, 6.07) is 9.22. The van der Waals surface area contributed by atoms with Crippen LogP contribution in [0.2, 0.25) is 0 Å². The molecule has 1 spiro atoms. The topological polar surface area (TPSA) is 87.5 Å². The quantitative estimate of drug-likeness (QED) is 0.781. The largest absolute Gasteiger partial charge is 0.336 e. The van der Waals surface area contributed by atoms with Gasteiger partial charge in [-0.15, -0.1) is 0 Å². The Labute approximate surface area is 187 Å². The van der Waals surface area contributed by atoms with Crippen molar-refractivity contribution in [1.29, 1.82) is 0 Å². The van der Waals surface area contributed by atoms with E-state index in [1.165, 1.54) is 0 Å². The molecule has 3 aliphatic heterocycles. The van der Waals surface area contributed by atoms with E-state index in [0.29, 0.717) is 50.3 Å². The maximum absolute atomic E-state index is 13.4. The summed E-state index contributed by atoms with van der Waals surface area (Å²) in [5.74, 6) is 0.768. The second kappa shape index (κ2) is 7.76. The van der Waals surface area contributed by atoms with Gasteiger partial charge in [0.25, 0.3) is 11.5 Å². The fourth-order valence-electron chi connectivity index (χ4n) is 5.27. The van der Waals surface area contributed by atoms with Gasteiger partial charge in [0.05, 0.1) is 17.8 Å². The maximum atomic E-state index is 13.4. The summed E-state index contributed by atoms with van der Waals surface area (Å²) in [4.78, 5) is 47.4. The smallest absolute Gasteiger partial charge is 0.317 e. The summed E-state index contributed by atoms with van der Waals surface area (Å²) < 4.78 is 1.79. The molecule has 4 heterocycles. The summed E-state index contributed by atoms with van der Waals surface area (Å²) >= 11 is 0. The van der Waals surface area contributed by atoms with Crippen LogP contribution >= 0.6 is 0 Å². The van der Waals surface area contributed by atoms with Gasteiger partial charge in [0.2, 0.25) is 0 Å². The molecule has 3 amide bonds. The van der Waals surface area contributed by atoms with E-state index in [4.69, 9.17) is 4.98 Å². The number of benzene rings is 1. The summed E-state index contributed by atoms with van der Waals surface area (Å²) in [5, 5.41) is 2.97. The number of rotatable bonds is 2. The van der Waals surface area contributed by atoms with Crippen LogP contribution in [0.3, 0.4) is 0 Å². The first kappa shape index (κ1) is 20.7. The van der Waals surface area contributed by atoms with Crippen LogP contribution < -0.4 is 10.9 Å². The zero-order valence-electron chi connectivity index (χ0n) is 18.6. The van der Waals surface area contributed by atoms with Crippen molar-refractivity contribution in [2.24, 2.45) is 0 Å². The highest BCUT2D eigenvalue weighted by Crippen LogP contribution is 2.41. The van der Waals surface area contributed by atoms with Crippen molar-refractivity contribution in [3.63, 3.8) is 0 Å². The number of hydrogen-bond acceptors (Lipinski definition) is 4. The standard InChI is InChI=1S/C24H29N5O3/c1-16(2)25-23(32)28-12-9-24(15-28)10-13-29-21(31)18-14-27(11-8-19(18)26-22(24)29)20(30)17-6-4-3-5-7-17/h3-7,16H,8-15H2,1-2H3,(H,25,32)/t24-/m1/s1. The Hall–Kier alpha value is -3.16. The molecule has 168 valence electrons. The van der Waals surface area contributed by atoms with E-state index in [-0.39, 0.29) is 29.0 Å². The zero-order chi connectivity index (χ0) is 22.5. The Bertz CT molecular complexity index is 1130. The fourth-order valence-corrected chi connectivity index (χ4v) is 5.27. The third kappa shape index (κ3) is 3.38. The first-order valence-corrected chi connectivity index (χ1v) is 11.4. The lowest BCUT2D eigenvalue weighted by Gasteiger charge is -2.30. The maximum Gasteiger partial charge on any atom is 0.317 e. The third-order valence-electron chi connectivity index (χ3n) is 6.97. The highest BCUT2D eigenvalue weighted by molar-refractivity contribution is 5.94. The van der Waals surface area contributed by atoms with Crippen LogP contribution in [0.4, 0.5) is 4.79 Å². The molecule has 0 unspecified atom stereocenters. The number of aromatic nitrogens is 2. The van der Waals surface area contributed by atoms with Gasteiger partial charge in [-0.3, -0.25) is 14.2 Å². The van der Waals surface area contributed by atoms with Crippen LogP contribution in [0.25, 0.3) is 0 Å². The van der Waals surface area contributed by atoms with E-state index in [9.17, 15) is 14.4 Å². The van der Waals surface area contributed by atoms with Gasteiger partial charge in [-0.2, -0.15) is 0 Å². The number of carbonyl (C=O) groups is 2. The number of urea groups is 1. The predicted octanol–water partition coefficient (Wildman–Crippen LogP) is 1.91. The average molecular weight is 436 g/mol. The summed E-state index contributed by atoms with van der Waals surface area (Å²) in [7, 11) is 0. The minimum atomic E-state index is -0.250. The number of amides is 3. The molecule has 8 heteroatoms. The van der Waals surface area contributed by atoms with Crippen LogP contribution in [0.1, 0.15) is 54.1 Å². The van der Waals surface area contributed by atoms with Gasteiger partial charge < -0.3 is 15.1 Å². The molecule has 3 aliphatic rings. The number of fused-ring (bicyclic) bond motifs is 3. The van der Waals surface area contributed by atoms with Gasteiger partial charge in [0.15, 0.2) is 0 Å². The highest BCUT2D eigenvalue weighted by atomic mass is 16.2. The molecular weight excluding hydrogens is 406 g/mol. The highest BCUT2D eigenvalue weighted by Gasteiger charge is 2.48. The SMILES string of the molecule is CC(C)NC(=O)N1CC[C@@]2(CCn3c2nc2c(c3=O)CN(C(=O)c3ccccc3)CC2)C1. The van der Waals surface area contributed by atoms with E-state index in [1.54, 1.807) is 21.6 Å². The van der Waals surface area contributed by atoms with Crippen molar-refractivity contribution in [3.8, 4) is 0 Å². The fraction of sp³-hybridized carbons (Fsp3) is 0.500. The second-order valence-electron chi connectivity index (χ2n) is 9.47. The molecule has 1 N–H and O–H groups in total. The van der Waals surface area contributed by atoms with Crippen molar-refractivity contribution in [3.05, 3.63) is 63.3 Å². The predicted molar refractivity (Wildman–Crippen MR) is 120 cm³/mol. The van der Waals surface area contributed by atoms with E-state index in [0.717, 1.165) is 24.4 Å². The van der Waals surface area contributed by atoms with Crippen molar-refractivity contribution in [2.45, 2.75) is 57.7 Å². The molecule has 1 aromatic carbocycles. The van der Waals surface area contributed by atoms with Crippen molar-refractivity contribution in [2.75, 3.05) is 19.6 Å². The minimum Gasteiger partial charge on any atom is -0.336 e. The molecule has 0 saturated carbocycles. The third-order valence-corrected chi connectivity index (χ3v) is 6.97. The van der Waals surface area contributed by atoms with Gasteiger partial charge in [-0.1, -0.05) is 18.2 Å². The van der Waals surface area contributed by atoms with Crippen LogP contribution in [-0.4, -0.2) is 57.0 Å². The van der Waals surface area contributed by atoms with Gasteiger partial charge in [-0.25, -0.2) is 9.78 Å². The zero-order valence-corrected chi connectivity index (χ0v) is 18.6. The molecule has 32 heavy (non-hydrogen) atoms. The van der Waals surface area contributed by atoms with Gasteiger partial charge >= 0.3 is 6.03 Å². The van der Waals surface area contributed by atoms with Crippen LogP contribution in [0.5, 0.6) is 0 Å².